The predicted molar refractivity (Wildman–Crippen MR) is 91.9 cm³/mol. The number of methoxy groups -OCH3 is 1. The van der Waals surface area contributed by atoms with E-state index in [1.54, 1.807) is 7.11 Å². The number of anilines is 1. The highest BCUT2D eigenvalue weighted by molar-refractivity contribution is 5.89. The summed E-state index contributed by atoms with van der Waals surface area (Å²) in [6, 6.07) is 15.9. The molecule has 4 nitrogen and oxygen atoms in total. The zero-order valence-electron chi connectivity index (χ0n) is 13.6. The standard InChI is InChI=1S/C19H22N2O2/c1-14-6-3-8-16(12-14)20-19(22)21-11-5-10-18(21)15-7-4-9-17(13-15)23-2/h3-4,6-9,12-13,18H,5,10-11H2,1-2H3,(H,20,22). The maximum Gasteiger partial charge on any atom is 0.322 e. The lowest BCUT2D eigenvalue weighted by molar-refractivity contribution is 0.207. The van der Waals surface area contributed by atoms with Gasteiger partial charge < -0.3 is 15.0 Å². The Kier molecular flexibility index (Phi) is 4.51. The Hall–Kier alpha value is -2.49. The summed E-state index contributed by atoms with van der Waals surface area (Å²) in [7, 11) is 1.66. The average molecular weight is 310 g/mol. The van der Waals surface area contributed by atoms with Gasteiger partial charge >= 0.3 is 6.03 Å². The predicted octanol–water partition coefficient (Wildman–Crippen LogP) is 4.37. The molecule has 1 N–H and O–H groups in total. The van der Waals surface area contributed by atoms with E-state index in [0.717, 1.165) is 42.0 Å². The summed E-state index contributed by atoms with van der Waals surface area (Å²) in [4.78, 5) is 14.6. The van der Waals surface area contributed by atoms with E-state index in [1.807, 2.05) is 54.3 Å². The van der Waals surface area contributed by atoms with Crippen LogP contribution in [0.5, 0.6) is 5.75 Å². The number of urea groups is 1. The van der Waals surface area contributed by atoms with E-state index >= 15 is 0 Å². The molecule has 2 aromatic rings. The quantitative estimate of drug-likeness (QED) is 0.914. The second-order valence-electron chi connectivity index (χ2n) is 5.93. The summed E-state index contributed by atoms with van der Waals surface area (Å²) in [6.45, 7) is 2.80. The first-order valence-electron chi connectivity index (χ1n) is 7.95. The molecule has 1 atom stereocenters. The second-order valence-corrected chi connectivity index (χ2v) is 5.93. The lowest BCUT2D eigenvalue weighted by Gasteiger charge is -2.25. The van der Waals surface area contributed by atoms with Crippen LogP contribution in [0.4, 0.5) is 10.5 Å². The molecule has 1 saturated heterocycles. The van der Waals surface area contributed by atoms with Crippen LogP contribution in [-0.2, 0) is 0 Å². The Morgan fingerprint density at radius 3 is 2.83 bits per heavy atom. The van der Waals surface area contributed by atoms with E-state index in [4.69, 9.17) is 4.74 Å². The van der Waals surface area contributed by atoms with Gasteiger partial charge in [0.1, 0.15) is 5.75 Å². The summed E-state index contributed by atoms with van der Waals surface area (Å²) in [5.41, 5.74) is 3.10. The van der Waals surface area contributed by atoms with E-state index < -0.39 is 0 Å². The van der Waals surface area contributed by atoms with Crippen molar-refractivity contribution in [1.82, 2.24) is 4.90 Å². The zero-order valence-corrected chi connectivity index (χ0v) is 13.6. The Morgan fingerprint density at radius 2 is 2.04 bits per heavy atom. The average Bonchev–Trinajstić information content (AvgIpc) is 3.05. The molecule has 0 aromatic heterocycles. The van der Waals surface area contributed by atoms with Crippen molar-refractivity contribution in [2.75, 3.05) is 19.0 Å². The van der Waals surface area contributed by atoms with Crippen molar-refractivity contribution in [3.05, 3.63) is 59.7 Å². The molecule has 0 radical (unpaired) electrons. The van der Waals surface area contributed by atoms with Crippen molar-refractivity contribution in [2.24, 2.45) is 0 Å². The van der Waals surface area contributed by atoms with Gasteiger partial charge in [-0.2, -0.15) is 0 Å². The van der Waals surface area contributed by atoms with Crippen molar-refractivity contribution in [1.29, 1.82) is 0 Å². The van der Waals surface area contributed by atoms with Crippen molar-refractivity contribution < 1.29 is 9.53 Å². The molecule has 1 unspecified atom stereocenters. The third-order valence-corrected chi connectivity index (χ3v) is 4.26. The summed E-state index contributed by atoms with van der Waals surface area (Å²) in [6.07, 6.45) is 2.00. The summed E-state index contributed by atoms with van der Waals surface area (Å²) < 4.78 is 5.30. The molecule has 0 bridgehead atoms. The number of carbonyl (C=O) groups excluding carboxylic acids is 1. The number of ether oxygens (including phenoxy) is 1. The van der Waals surface area contributed by atoms with Crippen molar-refractivity contribution in [3.63, 3.8) is 0 Å². The van der Waals surface area contributed by atoms with Gasteiger partial charge in [0.15, 0.2) is 0 Å². The molecule has 1 aliphatic heterocycles. The maximum absolute atomic E-state index is 12.6. The first-order chi connectivity index (χ1) is 11.2. The van der Waals surface area contributed by atoms with Crippen LogP contribution in [0.3, 0.4) is 0 Å². The van der Waals surface area contributed by atoms with Gasteiger partial charge in [0, 0.05) is 12.2 Å². The SMILES string of the molecule is COc1cccc(C2CCCN2C(=O)Nc2cccc(C)c2)c1. The molecule has 0 saturated carbocycles. The third kappa shape index (κ3) is 3.47. The maximum atomic E-state index is 12.6. The van der Waals surface area contributed by atoms with Gasteiger partial charge in [-0.05, 0) is 55.2 Å². The van der Waals surface area contributed by atoms with Crippen LogP contribution < -0.4 is 10.1 Å². The van der Waals surface area contributed by atoms with Crippen LogP contribution in [0, 0.1) is 6.92 Å². The highest BCUT2D eigenvalue weighted by Crippen LogP contribution is 2.33. The fourth-order valence-corrected chi connectivity index (χ4v) is 3.12. The highest BCUT2D eigenvalue weighted by atomic mass is 16.5. The fourth-order valence-electron chi connectivity index (χ4n) is 3.12. The molecule has 0 aliphatic carbocycles. The number of rotatable bonds is 3. The van der Waals surface area contributed by atoms with Crippen molar-refractivity contribution in [3.8, 4) is 5.75 Å². The summed E-state index contributed by atoms with van der Waals surface area (Å²) in [5, 5.41) is 3.01. The van der Waals surface area contributed by atoms with Gasteiger partial charge in [0.2, 0.25) is 0 Å². The van der Waals surface area contributed by atoms with E-state index in [0.29, 0.717) is 0 Å². The van der Waals surface area contributed by atoms with Gasteiger partial charge in [-0.15, -0.1) is 0 Å². The number of nitrogens with zero attached hydrogens (tertiary/aromatic N) is 1. The number of amides is 2. The summed E-state index contributed by atoms with van der Waals surface area (Å²) in [5.74, 6) is 0.827. The van der Waals surface area contributed by atoms with Crippen molar-refractivity contribution in [2.45, 2.75) is 25.8 Å². The van der Waals surface area contributed by atoms with Crippen LogP contribution in [0.2, 0.25) is 0 Å². The highest BCUT2D eigenvalue weighted by Gasteiger charge is 2.30. The topological polar surface area (TPSA) is 41.6 Å². The van der Waals surface area contributed by atoms with Gasteiger partial charge in [-0.25, -0.2) is 4.79 Å². The van der Waals surface area contributed by atoms with Crippen LogP contribution in [0.15, 0.2) is 48.5 Å². The molecule has 1 heterocycles. The molecule has 1 fully saturated rings. The van der Waals surface area contributed by atoms with Gasteiger partial charge in [0.05, 0.1) is 13.2 Å². The first-order valence-corrected chi connectivity index (χ1v) is 7.95. The molecular formula is C19H22N2O2. The second kappa shape index (κ2) is 6.73. The van der Waals surface area contributed by atoms with Crippen LogP contribution >= 0.6 is 0 Å². The number of nitrogens with one attached hydrogen (secondary N) is 1. The van der Waals surface area contributed by atoms with E-state index in [9.17, 15) is 4.79 Å². The molecule has 3 rings (SSSR count). The number of aryl methyl sites for hydroxylation is 1. The largest absolute Gasteiger partial charge is 0.497 e. The minimum Gasteiger partial charge on any atom is -0.497 e. The lowest BCUT2D eigenvalue weighted by Crippen LogP contribution is -2.34. The van der Waals surface area contributed by atoms with Crippen LogP contribution in [0.25, 0.3) is 0 Å². The minimum absolute atomic E-state index is 0.0408. The first kappa shape index (κ1) is 15.4. The number of hydrogen-bond donors (Lipinski definition) is 1. The van der Waals surface area contributed by atoms with Crippen molar-refractivity contribution >= 4 is 11.7 Å². The smallest absolute Gasteiger partial charge is 0.322 e. The minimum atomic E-state index is -0.0408. The van der Waals surface area contributed by atoms with Gasteiger partial charge in [0.25, 0.3) is 0 Å². The number of benzene rings is 2. The van der Waals surface area contributed by atoms with E-state index in [-0.39, 0.29) is 12.1 Å². The molecule has 120 valence electrons. The van der Waals surface area contributed by atoms with Crippen LogP contribution in [0.1, 0.15) is 30.0 Å². The molecule has 4 heteroatoms. The Balaban J connectivity index is 1.76. The normalized spacial score (nSPS) is 17.1. The zero-order chi connectivity index (χ0) is 16.2. The lowest BCUT2D eigenvalue weighted by atomic mass is 10.0. The monoisotopic (exact) mass is 310 g/mol. The Labute approximate surface area is 137 Å². The number of likely N-dealkylation sites (tertiary alicyclic amines) is 1. The molecule has 2 amide bonds. The fraction of sp³-hybridized carbons (Fsp3) is 0.316. The number of hydrogen-bond acceptors (Lipinski definition) is 2. The third-order valence-electron chi connectivity index (χ3n) is 4.26. The van der Waals surface area contributed by atoms with E-state index in [2.05, 4.69) is 11.4 Å². The molecule has 2 aromatic carbocycles. The van der Waals surface area contributed by atoms with E-state index in [1.165, 1.54) is 0 Å². The van der Waals surface area contributed by atoms with Gasteiger partial charge in [-0.1, -0.05) is 24.3 Å². The van der Waals surface area contributed by atoms with Crippen LogP contribution in [-0.4, -0.2) is 24.6 Å². The molecular weight excluding hydrogens is 288 g/mol. The number of carbonyl (C=O) groups is 1. The molecule has 0 spiro atoms. The Bertz CT molecular complexity index is 699. The van der Waals surface area contributed by atoms with Gasteiger partial charge in [-0.3, -0.25) is 0 Å². The summed E-state index contributed by atoms with van der Waals surface area (Å²) >= 11 is 0. The molecule has 23 heavy (non-hydrogen) atoms. The molecule has 1 aliphatic rings. The Morgan fingerprint density at radius 1 is 1.22 bits per heavy atom.